The molecule has 1 atom stereocenters. The zero-order valence-corrected chi connectivity index (χ0v) is 15.1. The van der Waals surface area contributed by atoms with Crippen molar-refractivity contribution in [2.24, 2.45) is 7.05 Å². The zero-order chi connectivity index (χ0) is 17.6. The van der Waals surface area contributed by atoms with Crippen LogP contribution in [0.2, 0.25) is 0 Å². The Kier molecular flexibility index (Phi) is 3.74. The molecule has 4 rings (SSSR count). The van der Waals surface area contributed by atoms with Crippen LogP contribution < -0.4 is 4.90 Å². The second-order valence-electron chi connectivity index (χ2n) is 7.42. The van der Waals surface area contributed by atoms with Gasteiger partial charge in [0.05, 0.1) is 5.69 Å². The van der Waals surface area contributed by atoms with Gasteiger partial charge in [-0.15, -0.1) is 0 Å². The Morgan fingerprint density at radius 2 is 2.16 bits per heavy atom. The van der Waals surface area contributed by atoms with Crippen LogP contribution >= 0.6 is 0 Å². The van der Waals surface area contributed by atoms with Crippen molar-refractivity contribution in [1.29, 1.82) is 0 Å². The van der Waals surface area contributed by atoms with Crippen LogP contribution in [0.4, 0.5) is 5.95 Å². The minimum Gasteiger partial charge on any atom is -0.347 e. The summed E-state index contributed by atoms with van der Waals surface area (Å²) in [7, 11) is 5.75. The molecule has 1 amide bonds. The molecule has 3 heterocycles. The molecule has 1 aliphatic heterocycles. The van der Waals surface area contributed by atoms with Crippen LogP contribution in [0.15, 0.2) is 18.5 Å². The van der Waals surface area contributed by atoms with Crippen molar-refractivity contribution in [3.05, 3.63) is 35.4 Å². The summed E-state index contributed by atoms with van der Waals surface area (Å²) in [5, 5.41) is 4.28. The molecule has 132 valence electrons. The zero-order valence-electron chi connectivity index (χ0n) is 15.1. The molecule has 0 bridgehead atoms. The summed E-state index contributed by atoms with van der Waals surface area (Å²) in [5.41, 5.74) is 2.86. The van der Waals surface area contributed by atoms with Gasteiger partial charge in [0.1, 0.15) is 5.69 Å². The van der Waals surface area contributed by atoms with E-state index in [0.29, 0.717) is 5.69 Å². The van der Waals surface area contributed by atoms with Crippen LogP contribution in [0.3, 0.4) is 0 Å². The predicted molar refractivity (Wildman–Crippen MR) is 94.7 cm³/mol. The van der Waals surface area contributed by atoms with Crippen LogP contribution in [-0.4, -0.2) is 57.7 Å². The first-order valence-electron chi connectivity index (χ1n) is 8.81. The lowest BCUT2D eigenvalue weighted by Gasteiger charge is -2.40. The third kappa shape index (κ3) is 2.67. The van der Waals surface area contributed by atoms with Gasteiger partial charge in [-0.1, -0.05) is 0 Å². The molecule has 1 saturated heterocycles. The normalized spacial score (nSPS) is 22.3. The molecule has 0 N–H and O–H groups in total. The van der Waals surface area contributed by atoms with Crippen LogP contribution in [0, 0.1) is 0 Å². The van der Waals surface area contributed by atoms with Gasteiger partial charge in [-0.25, -0.2) is 9.97 Å². The standard InChI is InChI=1S/C18H24N6O/c1-22(2)17-19-11-13-5-8-18(15(13)20-17)7-4-9-24(12-18)16(25)14-6-10-23(3)21-14/h6,10-11H,4-5,7-9,12H2,1-3H3. The molecule has 2 aromatic heterocycles. The maximum atomic E-state index is 12.8. The number of fused-ring (bicyclic) bond motifs is 2. The van der Waals surface area contributed by atoms with Gasteiger partial charge in [0, 0.05) is 52.0 Å². The minimum absolute atomic E-state index is 0.0232. The van der Waals surface area contributed by atoms with Crippen molar-refractivity contribution < 1.29 is 4.79 Å². The van der Waals surface area contributed by atoms with E-state index in [9.17, 15) is 4.79 Å². The van der Waals surface area contributed by atoms with Gasteiger partial charge in [0.2, 0.25) is 5.95 Å². The van der Waals surface area contributed by atoms with E-state index in [-0.39, 0.29) is 11.3 Å². The van der Waals surface area contributed by atoms with Gasteiger partial charge in [0.25, 0.3) is 5.91 Å². The fourth-order valence-electron chi connectivity index (χ4n) is 4.14. The number of hydrogen-bond donors (Lipinski definition) is 0. The quantitative estimate of drug-likeness (QED) is 0.827. The Bertz CT molecular complexity index is 810. The van der Waals surface area contributed by atoms with Crippen molar-refractivity contribution in [2.75, 3.05) is 32.1 Å². The molecule has 1 aliphatic carbocycles. The van der Waals surface area contributed by atoms with Crippen LogP contribution in [0.25, 0.3) is 0 Å². The van der Waals surface area contributed by atoms with E-state index in [2.05, 4.69) is 10.1 Å². The minimum atomic E-state index is -0.0360. The van der Waals surface area contributed by atoms with Crippen molar-refractivity contribution in [3.63, 3.8) is 0 Å². The molecule has 1 fully saturated rings. The van der Waals surface area contributed by atoms with E-state index in [1.54, 1.807) is 10.7 Å². The monoisotopic (exact) mass is 340 g/mol. The number of carbonyl (C=O) groups excluding carboxylic acids is 1. The molecule has 1 unspecified atom stereocenters. The highest BCUT2D eigenvalue weighted by Crippen LogP contribution is 2.44. The first-order chi connectivity index (χ1) is 12.0. The molecule has 25 heavy (non-hydrogen) atoms. The largest absolute Gasteiger partial charge is 0.347 e. The summed E-state index contributed by atoms with van der Waals surface area (Å²) in [4.78, 5) is 26.1. The molecule has 7 heteroatoms. The summed E-state index contributed by atoms with van der Waals surface area (Å²) < 4.78 is 1.68. The Hall–Kier alpha value is -2.44. The van der Waals surface area contributed by atoms with E-state index in [0.717, 1.165) is 50.4 Å². The van der Waals surface area contributed by atoms with Crippen LogP contribution in [0.5, 0.6) is 0 Å². The Balaban J connectivity index is 1.64. The van der Waals surface area contributed by atoms with E-state index < -0.39 is 0 Å². The van der Waals surface area contributed by atoms with Gasteiger partial charge in [-0.3, -0.25) is 9.48 Å². The lowest BCUT2D eigenvalue weighted by molar-refractivity contribution is 0.0627. The molecule has 7 nitrogen and oxygen atoms in total. The Morgan fingerprint density at radius 1 is 1.32 bits per heavy atom. The van der Waals surface area contributed by atoms with Crippen molar-refractivity contribution in [3.8, 4) is 0 Å². The lowest BCUT2D eigenvalue weighted by Crippen LogP contribution is -2.48. The van der Waals surface area contributed by atoms with Crippen LogP contribution in [0.1, 0.15) is 41.0 Å². The fraction of sp³-hybridized carbons (Fsp3) is 0.556. The highest BCUT2D eigenvalue weighted by Gasteiger charge is 2.45. The molecule has 1 spiro atoms. The van der Waals surface area contributed by atoms with E-state index in [4.69, 9.17) is 4.98 Å². The maximum Gasteiger partial charge on any atom is 0.274 e. The van der Waals surface area contributed by atoms with Gasteiger partial charge in [-0.05, 0) is 37.3 Å². The van der Waals surface area contributed by atoms with Gasteiger partial charge < -0.3 is 9.80 Å². The molecule has 2 aliphatic rings. The van der Waals surface area contributed by atoms with Gasteiger partial charge in [0.15, 0.2) is 0 Å². The summed E-state index contributed by atoms with van der Waals surface area (Å²) in [5.74, 6) is 0.767. The van der Waals surface area contributed by atoms with Crippen molar-refractivity contribution in [1.82, 2.24) is 24.6 Å². The summed E-state index contributed by atoms with van der Waals surface area (Å²) in [6.07, 6.45) is 7.89. The fourth-order valence-corrected chi connectivity index (χ4v) is 4.14. The van der Waals surface area contributed by atoms with E-state index in [1.807, 2.05) is 43.3 Å². The highest BCUT2D eigenvalue weighted by molar-refractivity contribution is 5.92. The Morgan fingerprint density at radius 3 is 2.88 bits per heavy atom. The molecule has 0 radical (unpaired) electrons. The maximum absolute atomic E-state index is 12.8. The number of hydrogen-bond acceptors (Lipinski definition) is 5. The number of aromatic nitrogens is 4. The van der Waals surface area contributed by atoms with Gasteiger partial charge in [-0.2, -0.15) is 5.10 Å². The second kappa shape index (κ2) is 5.82. The first kappa shape index (κ1) is 16.1. The van der Waals surface area contributed by atoms with Crippen LogP contribution in [-0.2, 0) is 18.9 Å². The number of anilines is 1. The summed E-state index contributed by atoms with van der Waals surface area (Å²) in [6.45, 7) is 1.51. The number of piperidine rings is 1. The third-order valence-corrected chi connectivity index (χ3v) is 5.42. The summed E-state index contributed by atoms with van der Waals surface area (Å²) in [6, 6.07) is 1.79. The third-order valence-electron chi connectivity index (χ3n) is 5.42. The Labute approximate surface area is 147 Å². The smallest absolute Gasteiger partial charge is 0.274 e. The first-order valence-corrected chi connectivity index (χ1v) is 8.81. The van der Waals surface area contributed by atoms with Crippen molar-refractivity contribution >= 4 is 11.9 Å². The predicted octanol–water partition coefficient (Wildman–Crippen LogP) is 1.40. The summed E-state index contributed by atoms with van der Waals surface area (Å²) >= 11 is 0. The highest BCUT2D eigenvalue weighted by atomic mass is 16.2. The number of likely N-dealkylation sites (tertiary alicyclic amines) is 1. The SMILES string of the molecule is CN(C)c1ncc2c(n1)C1(CCCN(C(=O)c3ccn(C)n3)C1)CC2. The number of aryl methyl sites for hydroxylation is 2. The van der Waals surface area contributed by atoms with E-state index >= 15 is 0 Å². The number of carbonyl (C=O) groups is 1. The number of nitrogens with zero attached hydrogens (tertiary/aromatic N) is 6. The van der Waals surface area contributed by atoms with Gasteiger partial charge >= 0.3 is 0 Å². The topological polar surface area (TPSA) is 67.2 Å². The molecule has 0 saturated carbocycles. The molecule has 2 aromatic rings. The molecular weight excluding hydrogens is 316 g/mol. The molecule has 0 aromatic carbocycles. The number of rotatable bonds is 2. The number of amides is 1. The average Bonchev–Trinajstić information content (AvgIpc) is 3.19. The van der Waals surface area contributed by atoms with Crippen molar-refractivity contribution in [2.45, 2.75) is 31.1 Å². The average molecular weight is 340 g/mol. The lowest BCUT2D eigenvalue weighted by atomic mass is 9.77. The molecular formula is C18H24N6O. The van der Waals surface area contributed by atoms with E-state index in [1.165, 1.54) is 5.56 Å². The second-order valence-corrected chi connectivity index (χ2v) is 7.42.